The number of aliphatic hydroxyl groups excluding tert-OH is 4. The van der Waals surface area contributed by atoms with Gasteiger partial charge in [-0.2, -0.15) is 0 Å². The number of rotatable bonds is 5. The number of fused-ring (bicyclic) bond motifs is 6. The number of nitrogens with zero attached hydrogens (tertiary/aromatic N) is 4. The van der Waals surface area contributed by atoms with Gasteiger partial charge in [-0.3, -0.25) is 9.69 Å². The molecule has 0 unspecified atom stereocenters. The van der Waals surface area contributed by atoms with Gasteiger partial charge in [-0.25, -0.2) is 4.68 Å². The number of aliphatic hydroxyl groups is 4. The maximum Gasteiger partial charge on any atom is 0.217 e. The minimum absolute atomic E-state index is 0.123. The highest BCUT2D eigenvalue weighted by molar-refractivity contribution is 5.73. The Morgan fingerprint density at radius 3 is 2.70 bits per heavy atom. The molecule has 4 heterocycles. The highest BCUT2D eigenvalue weighted by atomic mass is 16.5. The van der Waals surface area contributed by atoms with E-state index in [1.807, 2.05) is 0 Å². The lowest BCUT2D eigenvalue weighted by Gasteiger charge is -2.49. The van der Waals surface area contributed by atoms with Crippen LogP contribution in [0.4, 0.5) is 0 Å². The van der Waals surface area contributed by atoms with Gasteiger partial charge in [-0.1, -0.05) is 43.2 Å². The Hall–Kier alpha value is -2.19. The molecule has 276 valence electrons. The fraction of sp³-hybridized carbons (Fsp3) is 0.816. The van der Waals surface area contributed by atoms with Crippen LogP contribution in [-0.4, -0.2) is 108 Å². The van der Waals surface area contributed by atoms with E-state index in [0.717, 1.165) is 57.2 Å². The van der Waals surface area contributed by atoms with Crippen LogP contribution >= 0.6 is 0 Å². The molecule has 5 fully saturated rings. The van der Waals surface area contributed by atoms with Crippen LogP contribution in [0.25, 0.3) is 0 Å². The average molecular weight is 696 g/mol. The number of ether oxygens (including phenoxy) is 2. The van der Waals surface area contributed by atoms with E-state index in [0.29, 0.717) is 36.1 Å². The van der Waals surface area contributed by atoms with Crippen molar-refractivity contribution in [2.24, 2.45) is 35.0 Å². The summed E-state index contributed by atoms with van der Waals surface area (Å²) in [6.07, 6.45) is 7.93. The highest BCUT2D eigenvalue weighted by Gasteiger charge is 2.61. The average Bonchev–Trinajstić information content (AvgIpc) is 3.77. The molecular formula is C38H57N5O7. The maximum atomic E-state index is 12.0. The fourth-order valence-corrected chi connectivity index (χ4v) is 12.1. The number of carbonyl (C=O) groups excluding carboxylic acids is 1. The Kier molecular flexibility index (Phi) is 8.89. The Labute approximate surface area is 295 Å². The molecule has 1 aromatic heterocycles. The normalized spacial score (nSPS) is 47.4. The van der Waals surface area contributed by atoms with Gasteiger partial charge < -0.3 is 35.2 Å². The smallest absolute Gasteiger partial charge is 0.217 e. The van der Waals surface area contributed by atoms with E-state index in [4.69, 9.17) is 9.47 Å². The van der Waals surface area contributed by atoms with Crippen LogP contribution in [0.5, 0.6) is 0 Å². The third-order valence-corrected chi connectivity index (χ3v) is 14.6. The molecule has 7 aliphatic rings. The molecule has 12 heteroatoms. The minimum Gasteiger partial charge on any atom is -0.394 e. The minimum atomic E-state index is -1.36. The molecule has 2 saturated carbocycles. The number of aromatic nitrogens is 3. The van der Waals surface area contributed by atoms with E-state index in [1.54, 1.807) is 11.8 Å². The molecule has 15 atom stereocenters. The van der Waals surface area contributed by atoms with Gasteiger partial charge in [0, 0.05) is 32.0 Å². The summed E-state index contributed by atoms with van der Waals surface area (Å²) in [5, 5.41) is 53.1. The molecule has 50 heavy (non-hydrogen) atoms. The van der Waals surface area contributed by atoms with E-state index < -0.39 is 37.2 Å². The number of carbonyl (C=O) groups is 1. The number of hydrogen-bond acceptors (Lipinski definition) is 10. The lowest BCUT2D eigenvalue weighted by Crippen LogP contribution is -2.62. The Morgan fingerprint density at radius 1 is 1.14 bits per heavy atom. The molecule has 0 aromatic carbocycles. The molecule has 8 rings (SSSR count). The SMILES string of the molecule is CC(=O)N[C@@H]1[C@@H](O)[C@H](O)[C@@H](CO)O[C@@H]1n1cc(CN2C[C@@H](C)C[C@H]3O[C@]4(CC[C@@H]5C(=C4C)C[C@H]4[C@H]5CC=C5C[C@@H](O)CC[C@@]54C)[C@H](C)[C@@H]32)nn1. The van der Waals surface area contributed by atoms with Gasteiger partial charge in [-0.05, 0) is 93.0 Å². The van der Waals surface area contributed by atoms with Crippen molar-refractivity contribution >= 4 is 5.91 Å². The molecule has 1 spiro atoms. The molecule has 4 aliphatic carbocycles. The van der Waals surface area contributed by atoms with Crippen molar-refractivity contribution in [1.29, 1.82) is 0 Å². The van der Waals surface area contributed by atoms with E-state index in [9.17, 15) is 25.2 Å². The van der Waals surface area contributed by atoms with Crippen molar-refractivity contribution in [1.82, 2.24) is 25.2 Å². The van der Waals surface area contributed by atoms with Crippen molar-refractivity contribution < 1.29 is 34.7 Å². The molecule has 12 nitrogen and oxygen atoms in total. The van der Waals surface area contributed by atoms with Gasteiger partial charge in [0.05, 0.1) is 36.3 Å². The van der Waals surface area contributed by atoms with Crippen molar-refractivity contribution in [3.63, 3.8) is 0 Å². The predicted molar refractivity (Wildman–Crippen MR) is 183 cm³/mol. The first-order valence-electron chi connectivity index (χ1n) is 19.1. The van der Waals surface area contributed by atoms with E-state index in [1.165, 1.54) is 29.2 Å². The van der Waals surface area contributed by atoms with Gasteiger partial charge in [0.1, 0.15) is 24.4 Å². The Balaban J connectivity index is 1.03. The number of likely N-dealkylation sites (tertiary alicyclic amines) is 1. The summed E-state index contributed by atoms with van der Waals surface area (Å²) in [5.74, 6) is 2.34. The second-order valence-electron chi connectivity index (χ2n) is 17.3. The van der Waals surface area contributed by atoms with E-state index >= 15 is 0 Å². The van der Waals surface area contributed by atoms with Crippen molar-refractivity contribution in [2.45, 2.75) is 147 Å². The molecule has 3 aliphatic heterocycles. The van der Waals surface area contributed by atoms with Crippen LogP contribution in [0.2, 0.25) is 0 Å². The number of hydrogen-bond donors (Lipinski definition) is 5. The van der Waals surface area contributed by atoms with Crippen LogP contribution in [0, 0.1) is 35.0 Å². The lowest BCUT2D eigenvalue weighted by molar-refractivity contribution is -0.219. The molecule has 1 aromatic rings. The van der Waals surface area contributed by atoms with E-state index in [-0.39, 0.29) is 35.2 Å². The van der Waals surface area contributed by atoms with Crippen LogP contribution in [-0.2, 0) is 20.8 Å². The third kappa shape index (κ3) is 5.38. The predicted octanol–water partition coefficient (Wildman–Crippen LogP) is 2.62. The summed E-state index contributed by atoms with van der Waals surface area (Å²) < 4.78 is 14.8. The largest absolute Gasteiger partial charge is 0.394 e. The number of piperidine rings is 1. The second-order valence-corrected chi connectivity index (χ2v) is 17.3. The molecule has 5 N–H and O–H groups in total. The number of nitrogens with one attached hydrogen (secondary N) is 1. The van der Waals surface area contributed by atoms with Gasteiger partial charge >= 0.3 is 0 Å². The summed E-state index contributed by atoms with van der Waals surface area (Å²) in [7, 11) is 0. The zero-order valence-corrected chi connectivity index (χ0v) is 30.2. The van der Waals surface area contributed by atoms with E-state index in [2.05, 4.69) is 54.3 Å². The lowest BCUT2D eigenvalue weighted by atomic mass is 9.56. The molecule has 0 radical (unpaired) electrons. The van der Waals surface area contributed by atoms with Crippen LogP contribution < -0.4 is 5.32 Å². The second kappa shape index (κ2) is 12.7. The summed E-state index contributed by atoms with van der Waals surface area (Å²) in [4.78, 5) is 14.5. The topological polar surface area (TPSA) is 162 Å². The zero-order valence-electron chi connectivity index (χ0n) is 30.2. The van der Waals surface area contributed by atoms with Crippen LogP contribution in [0.3, 0.4) is 0 Å². The van der Waals surface area contributed by atoms with Gasteiger partial charge in [-0.15, -0.1) is 5.10 Å². The monoisotopic (exact) mass is 695 g/mol. The summed E-state index contributed by atoms with van der Waals surface area (Å²) in [6.45, 7) is 11.9. The molecule has 3 saturated heterocycles. The molecular weight excluding hydrogens is 638 g/mol. The Morgan fingerprint density at radius 2 is 1.94 bits per heavy atom. The standard InChI is InChI=1S/C38H57N5O7/c1-19-12-30-33(42(15-19)16-24-17-43(41-40-24)36-32(39-22(4)45)35(48)34(47)31(18-44)49-36)21(3)38(50-30)11-9-26-27-7-6-23-13-25(46)8-10-37(23,5)29(27)14-28(26)20(38)2/h6,17,19,21,25-27,29-36,44,46-48H,7-16,18H2,1-5H3,(H,39,45)/t19-,21+,25-,26-,27-,29-,30+,31+,32+,33-,34+,35+,36-,37-,38-/m0/s1. The van der Waals surface area contributed by atoms with Crippen molar-refractivity contribution in [2.75, 3.05) is 13.2 Å². The van der Waals surface area contributed by atoms with Crippen LogP contribution in [0.1, 0.15) is 97.9 Å². The van der Waals surface area contributed by atoms with Gasteiger partial charge in [0.15, 0.2) is 6.23 Å². The highest BCUT2D eigenvalue weighted by Crippen LogP contribution is 2.65. The number of allylic oxidation sites excluding steroid dienone is 2. The first-order valence-corrected chi connectivity index (χ1v) is 19.1. The quantitative estimate of drug-likeness (QED) is 0.290. The van der Waals surface area contributed by atoms with Crippen molar-refractivity contribution in [3.8, 4) is 0 Å². The fourth-order valence-electron chi connectivity index (χ4n) is 12.1. The third-order valence-electron chi connectivity index (χ3n) is 14.6. The maximum absolute atomic E-state index is 12.0. The van der Waals surface area contributed by atoms with Crippen molar-refractivity contribution in [3.05, 3.63) is 34.7 Å². The van der Waals surface area contributed by atoms with Crippen LogP contribution in [0.15, 0.2) is 29.0 Å². The van der Waals surface area contributed by atoms with Gasteiger partial charge in [0.2, 0.25) is 5.91 Å². The molecule has 1 amide bonds. The Bertz CT molecular complexity index is 1550. The molecule has 0 bridgehead atoms. The first kappa shape index (κ1) is 34.9. The van der Waals surface area contributed by atoms with Gasteiger partial charge in [0.25, 0.3) is 0 Å². The summed E-state index contributed by atoms with van der Waals surface area (Å²) in [5.41, 5.74) is 5.32. The first-order chi connectivity index (χ1) is 23.8. The number of amides is 1. The summed E-state index contributed by atoms with van der Waals surface area (Å²) >= 11 is 0. The summed E-state index contributed by atoms with van der Waals surface area (Å²) in [6, 6.07) is -0.742. The zero-order chi connectivity index (χ0) is 35.3.